The van der Waals surface area contributed by atoms with E-state index in [9.17, 15) is 5.11 Å². The van der Waals surface area contributed by atoms with Gasteiger partial charge in [-0.25, -0.2) is 0 Å². The molecule has 0 spiro atoms. The van der Waals surface area contributed by atoms with E-state index < -0.39 is 0 Å². The molecule has 100 valence electrons. The van der Waals surface area contributed by atoms with Crippen LogP contribution >= 0.6 is 27.5 Å². The van der Waals surface area contributed by atoms with Crippen LogP contribution in [0.3, 0.4) is 0 Å². The zero-order chi connectivity index (χ0) is 13.8. The number of aryl methyl sites for hydroxylation is 1. The number of alkyl halides is 1. The van der Waals surface area contributed by atoms with E-state index in [1.54, 1.807) is 18.2 Å². The summed E-state index contributed by atoms with van der Waals surface area (Å²) in [6.45, 7) is 2.39. The molecule has 1 N–H and O–H groups in total. The molecule has 2 nitrogen and oxygen atoms in total. The fourth-order valence-corrected chi connectivity index (χ4v) is 2.73. The number of rotatable bonds is 4. The summed E-state index contributed by atoms with van der Waals surface area (Å²) in [6, 6.07) is 11.0. The monoisotopic (exact) mass is 340 g/mol. The summed E-state index contributed by atoms with van der Waals surface area (Å²) in [5.41, 5.74) is 2.90. The van der Waals surface area contributed by atoms with Crippen LogP contribution in [0.25, 0.3) is 0 Å². The minimum absolute atomic E-state index is 0.242. The average Bonchev–Trinajstić information content (AvgIpc) is 2.37. The summed E-state index contributed by atoms with van der Waals surface area (Å²) in [5, 5.41) is 9.42. The highest BCUT2D eigenvalue weighted by molar-refractivity contribution is 9.10. The fourth-order valence-electron chi connectivity index (χ4n) is 1.91. The number of benzene rings is 2. The first-order valence-corrected chi connectivity index (χ1v) is 7.18. The molecular weight excluding hydrogens is 328 g/mol. The van der Waals surface area contributed by atoms with Gasteiger partial charge in [-0.15, -0.1) is 11.6 Å². The van der Waals surface area contributed by atoms with Crippen molar-refractivity contribution in [3.05, 3.63) is 57.6 Å². The topological polar surface area (TPSA) is 29.5 Å². The standard InChI is InChI=1S/C15H14BrClO2/c1-10-5-13(16)7-12(8-17)15(10)19-9-11-3-2-4-14(18)6-11/h2-7,18H,8-9H2,1H3. The van der Waals surface area contributed by atoms with Crippen molar-refractivity contribution >= 4 is 27.5 Å². The molecule has 0 aliphatic carbocycles. The molecule has 0 aliphatic rings. The Labute approximate surface area is 126 Å². The molecule has 0 aliphatic heterocycles. The fraction of sp³-hybridized carbons (Fsp3) is 0.200. The third-order valence-corrected chi connectivity index (χ3v) is 3.50. The molecule has 19 heavy (non-hydrogen) atoms. The van der Waals surface area contributed by atoms with Gasteiger partial charge in [0.25, 0.3) is 0 Å². The Kier molecular flexibility index (Phi) is 4.72. The minimum Gasteiger partial charge on any atom is -0.508 e. The van der Waals surface area contributed by atoms with E-state index in [1.807, 2.05) is 25.1 Å². The average molecular weight is 342 g/mol. The first-order chi connectivity index (χ1) is 9.10. The van der Waals surface area contributed by atoms with Gasteiger partial charge in [-0.1, -0.05) is 28.1 Å². The smallest absolute Gasteiger partial charge is 0.127 e. The summed E-state index contributed by atoms with van der Waals surface area (Å²) in [5.74, 6) is 1.45. The van der Waals surface area contributed by atoms with E-state index in [4.69, 9.17) is 16.3 Å². The Morgan fingerprint density at radius 3 is 2.74 bits per heavy atom. The highest BCUT2D eigenvalue weighted by atomic mass is 79.9. The summed E-state index contributed by atoms with van der Waals surface area (Å²) in [6.07, 6.45) is 0. The zero-order valence-corrected chi connectivity index (χ0v) is 12.8. The van der Waals surface area contributed by atoms with Gasteiger partial charge in [0.2, 0.25) is 0 Å². The van der Waals surface area contributed by atoms with Crippen molar-refractivity contribution in [1.29, 1.82) is 0 Å². The predicted octanol–water partition coefficient (Wildman–Crippen LogP) is 4.78. The Bertz CT molecular complexity index is 584. The molecule has 0 atom stereocenters. The van der Waals surface area contributed by atoms with Gasteiger partial charge < -0.3 is 9.84 Å². The number of halogens is 2. The van der Waals surface area contributed by atoms with Crippen molar-refractivity contribution in [3.63, 3.8) is 0 Å². The third kappa shape index (κ3) is 3.64. The molecule has 2 rings (SSSR count). The molecule has 0 saturated heterocycles. The zero-order valence-electron chi connectivity index (χ0n) is 10.5. The van der Waals surface area contributed by atoms with Crippen molar-refractivity contribution < 1.29 is 9.84 Å². The normalized spacial score (nSPS) is 10.5. The molecule has 2 aromatic rings. The van der Waals surface area contributed by atoms with Gasteiger partial charge in [0.05, 0.1) is 5.88 Å². The lowest BCUT2D eigenvalue weighted by Gasteiger charge is -2.13. The van der Waals surface area contributed by atoms with E-state index in [1.165, 1.54) is 0 Å². The molecule has 0 unspecified atom stereocenters. The largest absolute Gasteiger partial charge is 0.508 e. The van der Waals surface area contributed by atoms with Gasteiger partial charge in [0.15, 0.2) is 0 Å². The molecule has 2 aromatic carbocycles. The number of hydrogen-bond acceptors (Lipinski definition) is 2. The Balaban J connectivity index is 2.19. The van der Waals surface area contributed by atoms with Crippen molar-refractivity contribution in [2.45, 2.75) is 19.4 Å². The first kappa shape index (κ1) is 14.2. The lowest BCUT2D eigenvalue weighted by Crippen LogP contribution is -2.00. The minimum atomic E-state index is 0.242. The predicted molar refractivity (Wildman–Crippen MR) is 80.9 cm³/mol. The van der Waals surface area contributed by atoms with Gasteiger partial charge >= 0.3 is 0 Å². The van der Waals surface area contributed by atoms with Crippen LogP contribution < -0.4 is 4.74 Å². The lowest BCUT2D eigenvalue weighted by atomic mass is 10.1. The van der Waals surface area contributed by atoms with Crippen LogP contribution in [0.5, 0.6) is 11.5 Å². The van der Waals surface area contributed by atoms with Crippen LogP contribution in [0.4, 0.5) is 0 Å². The van der Waals surface area contributed by atoms with Crippen LogP contribution in [0, 0.1) is 6.92 Å². The third-order valence-electron chi connectivity index (χ3n) is 2.75. The number of ether oxygens (including phenoxy) is 1. The van der Waals surface area contributed by atoms with Gasteiger partial charge in [-0.2, -0.15) is 0 Å². The molecule has 0 heterocycles. The van der Waals surface area contributed by atoms with E-state index in [0.717, 1.165) is 26.9 Å². The maximum absolute atomic E-state index is 9.42. The molecular formula is C15H14BrClO2. The molecule has 0 fully saturated rings. The van der Waals surface area contributed by atoms with Crippen molar-refractivity contribution in [2.75, 3.05) is 0 Å². The van der Waals surface area contributed by atoms with Crippen molar-refractivity contribution in [2.24, 2.45) is 0 Å². The summed E-state index contributed by atoms with van der Waals surface area (Å²) >= 11 is 9.39. The van der Waals surface area contributed by atoms with Crippen LogP contribution in [-0.2, 0) is 12.5 Å². The van der Waals surface area contributed by atoms with Gasteiger partial charge in [0, 0.05) is 10.0 Å². The van der Waals surface area contributed by atoms with Crippen molar-refractivity contribution in [3.8, 4) is 11.5 Å². The molecule has 0 bridgehead atoms. The first-order valence-electron chi connectivity index (χ1n) is 5.86. The second-order valence-electron chi connectivity index (χ2n) is 4.30. The Hall–Kier alpha value is -1.19. The van der Waals surface area contributed by atoms with E-state index in [0.29, 0.717) is 12.5 Å². The highest BCUT2D eigenvalue weighted by Crippen LogP contribution is 2.30. The molecule has 0 aromatic heterocycles. The van der Waals surface area contributed by atoms with Gasteiger partial charge in [0.1, 0.15) is 18.1 Å². The number of hydrogen-bond donors (Lipinski definition) is 1. The second kappa shape index (κ2) is 6.31. The van der Waals surface area contributed by atoms with Crippen LogP contribution in [0.2, 0.25) is 0 Å². The van der Waals surface area contributed by atoms with Gasteiger partial charge in [-0.05, 0) is 42.3 Å². The quantitative estimate of drug-likeness (QED) is 0.811. The van der Waals surface area contributed by atoms with Gasteiger partial charge in [-0.3, -0.25) is 0 Å². The SMILES string of the molecule is Cc1cc(Br)cc(CCl)c1OCc1cccc(O)c1. The lowest BCUT2D eigenvalue weighted by molar-refractivity contribution is 0.301. The van der Waals surface area contributed by atoms with Crippen LogP contribution in [-0.4, -0.2) is 5.11 Å². The maximum Gasteiger partial charge on any atom is 0.127 e. The Morgan fingerprint density at radius 1 is 1.26 bits per heavy atom. The van der Waals surface area contributed by atoms with E-state index in [-0.39, 0.29) is 5.75 Å². The molecule has 0 amide bonds. The number of aromatic hydroxyl groups is 1. The molecule has 0 saturated carbocycles. The molecule has 0 radical (unpaired) electrons. The second-order valence-corrected chi connectivity index (χ2v) is 5.49. The summed E-state index contributed by atoms with van der Waals surface area (Å²) in [4.78, 5) is 0. The van der Waals surface area contributed by atoms with Crippen LogP contribution in [0.1, 0.15) is 16.7 Å². The number of phenolic OH excluding ortho intramolecular Hbond substituents is 1. The van der Waals surface area contributed by atoms with Crippen molar-refractivity contribution in [1.82, 2.24) is 0 Å². The summed E-state index contributed by atoms with van der Waals surface area (Å²) in [7, 11) is 0. The van der Waals surface area contributed by atoms with Crippen LogP contribution in [0.15, 0.2) is 40.9 Å². The summed E-state index contributed by atoms with van der Waals surface area (Å²) < 4.78 is 6.83. The maximum atomic E-state index is 9.42. The highest BCUT2D eigenvalue weighted by Gasteiger charge is 2.08. The Morgan fingerprint density at radius 2 is 2.05 bits per heavy atom. The number of phenols is 1. The molecule has 4 heteroatoms. The van der Waals surface area contributed by atoms with E-state index >= 15 is 0 Å². The van der Waals surface area contributed by atoms with E-state index in [2.05, 4.69) is 15.9 Å².